The number of aromatic nitrogens is 1. The molecule has 1 aromatic heterocycles. The van der Waals surface area contributed by atoms with Gasteiger partial charge < -0.3 is 10.4 Å². The van der Waals surface area contributed by atoms with Gasteiger partial charge in [-0.3, -0.25) is 4.79 Å². The number of benzene rings is 1. The largest absolute Gasteiger partial charge is 0.478 e. The van der Waals surface area contributed by atoms with Crippen LogP contribution in [0.4, 0.5) is 14.6 Å². The maximum Gasteiger partial charge on any atom is 0.339 e. The molecular weight excluding hydrogens is 282 g/mol. The molecule has 0 saturated heterocycles. The molecule has 0 spiro atoms. The van der Waals surface area contributed by atoms with Crippen LogP contribution in [0.2, 0.25) is 0 Å². The van der Waals surface area contributed by atoms with Crippen LogP contribution in [0.15, 0.2) is 36.5 Å². The summed E-state index contributed by atoms with van der Waals surface area (Å²) in [6, 6.07) is 5.56. The molecule has 2 rings (SSSR count). The zero-order chi connectivity index (χ0) is 15.4. The van der Waals surface area contributed by atoms with Crippen molar-refractivity contribution in [2.75, 3.05) is 5.32 Å². The molecule has 0 unspecified atom stereocenters. The van der Waals surface area contributed by atoms with Crippen LogP contribution < -0.4 is 5.32 Å². The molecule has 7 heteroatoms. The van der Waals surface area contributed by atoms with E-state index in [1.807, 2.05) is 0 Å². The molecule has 1 heterocycles. The maximum absolute atomic E-state index is 13.4. The number of carboxylic acid groups (broad SMARTS) is 1. The van der Waals surface area contributed by atoms with Gasteiger partial charge in [0.15, 0.2) is 0 Å². The van der Waals surface area contributed by atoms with Crippen molar-refractivity contribution in [1.82, 2.24) is 4.98 Å². The van der Waals surface area contributed by atoms with Gasteiger partial charge in [0.2, 0.25) is 5.91 Å². The molecule has 2 aromatic rings. The number of rotatable bonds is 4. The molecule has 108 valence electrons. The Labute approximate surface area is 118 Å². The number of nitrogens with one attached hydrogen (secondary N) is 1. The predicted octanol–water partition coefficient (Wildman–Crippen LogP) is 2.24. The lowest BCUT2D eigenvalue weighted by Gasteiger charge is -2.07. The first kappa shape index (κ1) is 14.6. The number of aromatic carboxylic acids is 1. The van der Waals surface area contributed by atoms with Gasteiger partial charge in [-0.05, 0) is 23.8 Å². The molecule has 1 amide bonds. The fourth-order valence-electron chi connectivity index (χ4n) is 1.69. The van der Waals surface area contributed by atoms with E-state index in [0.717, 1.165) is 12.1 Å². The Kier molecular flexibility index (Phi) is 4.22. The summed E-state index contributed by atoms with van der Waals surface area (Å²) in [4.78, 5) is 26.5. The van der Waals surface area contributed by atoms with Crippen molar-refractivity contribution in [3.8, 4) is 0 Å². The molecule has 0 fully saturated rings. The normalized spacial score (nSPS) is 10.2. The topological polar surface area (TPSA) is 79.3 Å². The SMILES string of the molecule is O=C(Cc1ccc(F)cc1F)Nc1ncccc1C(=O)O. The zero-order valence-corrected chi connectivity index (χ0v) is 10.6. The monoisotopic (exact) mass is 292 g/mol. The number of hydrogen-bond donors (Lipinski definition) is 2. The van der Waals surface area contributed by atoms with Crippen molar-refractivity contribution >= 4 is 17.7 Å². The number of nitrogens with zero attached hydrogens (tertiary/aromatic N) is 1. The highest BCUT2D eigenvalue weighted by atomic mass is 19.1. The standard InChI is InChI=1S/C14H10F2N2O3/c15-9-4-3-8(11(16)7-9)6-12(19)18-13-10(14(20)21)2-1-5-17-13/h1-5,7H,6H2,(H,20,21)(H,17,18,19). The Bertz CT molecular complexity index is 704. The molecule has 21 heavy (non-hydrogen) atoms. The fraction of sp³-hybridized carbons (Fsp3) is 0.0714. The first-order chi connectivity index (χ1) is 9.97. The maximum atomic E-state index is 13.4. The summed E-state index contributed by atoms with van der Waals surface area (Å²) < 4.78 is 26.2. The number of carbonyl (C=O) groups is 2. The molecule has 0 radical (unpaired) electrons. The van der Waals surface area contributed by atoms with Crippen LogP contribution in [-0.4, -0.2) is 22.0 Å². The number of anilines is 1. The minimum atomic E-state index is -1.24. The molecular formula is C14H10F2N2O3. The fourth-order valence-corrected chi connectivity index (χ4v) is 1.69. The molecule has 0 aliphatic heterocycles. The molecule has 0 aliphatic rings. The van der Waals surface area contributed by atoms with E-state index in [1.165, 1.54) is 18.3 Å². The van der Waals surface area contributed by atoms with E-state index in [2.05, 4.69) is 10.3 Å². The van der Waals surface area contributed by atoms with Gasteiger partial charge in [0.25, 0.3) is 0 Å². The number of pyridine rings is 1. The third kappa shape index (κ3) is 3.59. The lowest BCUT2D eigenvalue weighted by Crippen LogP contribution is -2.18. The second kappa shape index (κ2) is 6.08. The minimum absolute atomic E-state index is 0.00158. The lowest BCUT2D eigenvalue weighted by atomic mass is 10.1. The third-order valence-corrected chi connectivity index (χ3v) is 2.66. The highest BCUT2D eigenvalue weighted by Gasteiger charge is 2.15. The quantitative estimate of drug-likeness (QED) is 0.905. The molecule has 0 saturated carbocycles. The van der Waals surface area contributed by atoms with Gasteiger partial charge in [-0.2, -0.15) is 0 Å². The molecule has 1 aromatic carbocycles. The van der Waals surface area contributed by atoms with Gasteiger partial charge in [-0.1, -0.05) is 6.07 Å². The number of hydrogen-bond acceptors (Lipinski definition) is 3. The summed E-state index contributed by atoms with van der Waals surface area (Å²) in [5, 5.41) is 11.2. The highest BCUT2D eigenvalue weighted by molar-refractivity contribution is 5.99. The van der Waals surface area contributed by atoms with E-state index in [9.17, 15) is 18.4 Å². The predicted molar refractivity (Wildman–Crippen MR) is 69.9 cm³/mol. The van der Waals surface area contributed by atoms with Crippen molar-refractivity contribution in [1.29, 1.82) is 0 Å². The van der Waals surface area contributed by atoms with Crippen molar-refractivity contribution in [2.45, 2.75) is 6.42 Å². The van der Waals surface area contributed by atoms with Gasteiger partial charge in [0.05, 0.1) is 6.42 Å². The summed E-state index contributed by atoms with van der Waals surface area (Å²) in [6.45, 7) is 0. The molecule has 0 atom stereocenters. The van der Waals surface area contributed by atoms with Crippen LogP contribution in [0, 0.1) is 11.6 Å². The summed E-state index contributed by atoms with van der Waals surface area (Å²) in [7, 11) is 0. The van der Waals surface area contributed by atoms with Crippen LogP contribution in [-0.2, 0) is 11.2 Å². The lowest BCUT2D eigenvalue weighted by molar-refractivity contribution is -0.115. The number of halogens is 2. The average molecular weight is 292 g/mol. The Morgan fingerprint density at radius 2 is 2.00 bits per heavy atom. The summed E-state index contributed by atoms with van der Waals surface area (Å²) >= 11 is 0. The van der Waals surface area contributed by atoms with Crippen LogP contribution in [0.5, 0.6) is 0 Å². The van der Waals surface area contributed by atoms with Gasteiger partial charge >= 0.3 is 5.97 Å². The Hall–Kier alpha value is -2.83. The molecule has 0 bridgehead atoms. The van der Waals surface area contributed by atoms with Crippen molar-refractivity contribution < 1.29 is 23.5 Å². The number of carbonyl (C=O) groups excluding carboxylic acids is 1. The van der Waals surface area contributed by atoms with Crippen molar-refractivity contribution in [3.63, 3.8) is 0 Å². The smallest absolute Gasteiger partial charge is 0.339 e. The number of amides is 1. The molecule has 2 N–H and O–H groups in total. The van der Waals surface area contributed by atoms with Crippen molar-refractivity contribution in [3.05, 3.63) is 59.3 Å². The number of carboxylic acids is 1. The highest BCUT2D eigenvalue weighted by Crippen LogP contribution is 2.14. The van der Waals surface area contributed by atoms with E-state index in [0.29, 0.717) is 6.07 Å². The second-order valence-corrected chi connectivity index (χ2v) is 4.17. The molecule has 0 aliphatic carbocycles. The van der Waals surface area contributed by atoms with Crippen molar-refractivity contribution in [2.24, 2.45) is 0 Å². The Balaban J connectivity index is 2.14. The van der Waals surface area contributed by atoms with E-state index >= 15 is 0 Å². The van der Waals surface area contributed by atoms with Crippen LogP contribution in [0.1, 0.15) is 15.9 Å². The van der Waals surface area contributed by atoms with Gasteiger partial charge in [-0.25, -0.2) is 18.6 Å². The van der Waals surface area contributed by atoms with E-state index in [-0.39, 0.29) is 23.4 Å². The third-order valence-electron chi connectivity index (χ3n) is 2.66. The van der Waals surface area contributed by atoms with Crippen LogP contribution in [0.25, 0.3) is 0 Å². The second-order valence-electron chi connectivity index (χ2n) is 4.17. The van der Waals surface area contributed by atoms with Gasteiger partial charge in [-0.15, -0.1) is 0 Å². The molecule has 5 nitrogen and oxygen atoms in total. The van der Waals surface area contributed by atoms with Gasteiger partial charge in [0.1, 0.15) is 23.0 Å². The average Bonchev–Trinajstić information content (AvgIpc) is 2.42. The van der Waals surface area contributed by atoms with E-state index in [1.54, 1.807) is 0 Å². The minimum Gasteiger partial charge on any atom is -0.478 e. The summed E-state index contributed by atoms with van der Waals surface area (Å²) in [5.74, 6) is -3.61. The first-order valence-corrected chi connectivity index (χ1v) is 5.89. The van der Waals surface area contributed by atoms with Crippen LogP contribution in [0.3, 0.4) is 0 Å². The Morgan fingerprint density at radius 1 is 1.24 bits per heavy atom. The summed E-state index contributed by atoms with van der Waals surface area (Å²) in [6.07, 6.45) is 0.961. The first-order valence-electron chi connectivity index (χ1n) is 5.89. The zero-order valence-electron chi connectivity index (χ0n) is 10.6. The Morgan fingerprint density at radius 3 is 2.67 bits per heavy atom. The van der Waals surface area contributed by atoms with Gasteiger partial charge in [0, 0.05) is 12.3 Å². The summed E-state index contributed by atoms with van der Waals surface area (Å²) in [5.41, 5.74) is -0.174. The van der Waals surface area contributed by atoms with E-state index < -0.39 is 23.5 Å². The van der Waals surface area contributed by atoms with Crippen LogP contribution >= 0.6 is 0 Å². The van der Waals surface area contributed by atoms with E-state index in [4.69, 9.17) is 5.11 Å².